The number of benzene rings is 5. The van der Waals surface area contributed by atoms with Crippen molar-refractivity contribution in [2.24, 2.45) is 17.4 Å². The number of phenols is 3. The summed E-state index contributed by atoms with van der Waals surface area (Å²) in [5.74, 6) is -16.0. The molecule has 2 saturated heterocycles. The maximum Gasteiger partial charge on any atom is 0.330 e. The molecule has 5 aromatic carbocycles. The lowest BCUT2D eigenvalue weighted by Gasteiger charge is -2.47. The summed E-state index contributed by atoms with van der Waals surface area (Å²) in [6, 6.07) is -0.679. The number of carboxylic acid groups (broad SMARTS) is 1. The molecule has 11 unspecified atom stereocenters. The van der Waals surface area contributed by atoms with Gasteiger partial charge in [-0.2, -0.15) is 0 Å². The molecule has 0 aromatic heterocycles. The van der Waals surface area contributed by atoms with Gasteiger partial charge in [-0.3, -0.25) is 33.6 Å². The van der Waals surface area contributed by atoms with E-state index in [1.807, 2.05) is 13.8 Å². The van der Waals surface area contributed by atoms with Gasteiger partial charge in [-0.25, -0.2) is 4.79 Å². The predicted molar refractivity (Wildman–Crippen MR) is 349 cm³/mol. The fourth-order valence-corrected chi connectivity index (χ4v) is 12.9. The van der Waals surface area contributed by atoms with Gasteiger partial charge in [0, 0.05) is 34.7 Å². The average molecular weight is 1450 g/mol. The lowest BCUT2D eigenvalue weighted by atomic mass is 9.86. The van der Waals surface area contributed by atoms with Crippen LogP contribution in [-0.4, -0.2) is 191 Å². The van der Waals surface area contributed by atoms with Crippen molar-refractivity contribution in [3.63, 3.8) is 0 Å². The Hall–Kier alpha value is -9.20. The van der Waals surface area contributed by atoms with E-state index in [1.54, 1.807) is 0 Å². The molecule has 21 N–H and O–H groups in total. The molecule has 7 amide bonds. The number of carbonyl (C=O) groups excluding carboxylic acids is 7. The number of nitrogens with two attached hydrogens (primary N) is 2. The smallest absolute Gasteiger partial charge is 0.330 e. The third kappa shape index (κ3) is 15.8. The standard InChI is InChI=1S/C66H75Cl2N9O24/c1-23(2)12-34(71-5)58(88)76-49-51(83)26-7-10-38(32(67)14-26)97-40-16-28-17-41(55(40)101-65-56(54(86)53(85)42(22-78)99-65)100-44-21-66(4,70)57(87)24(3)96-44)98-39-11-8-27(15-33(39)68)52(84)50-63(93)75-48(64(94)95)31-18-29(79)19-37(81)45(31)30-13-25(6-9-36(30)80)46(60(90)77-50)74-61(91)47(28)73-59(89)35(20-43(69)82)72-62(49)92/h6-11,13-19,23-24,34-35,42,44,46-54,56-57,65,71,78-81,83-87H,12,20-22,70H2,1-5H3,(H2,69,82)(H,72,92)(H,73,89)(H,74,91)(H,75,93)(H,76,88)(H,77,90)(H,94,95)/t24?,34-,35+,42?,44?,46?,47?,48+,49-,50-,51-,52-,53?,54?,56?,57?,65?,66?/m1/s1. The summed E-state index contributed by atoms with van der Waals surface area (Å²) < 4.78 is 38.3. The summed E-state index contributed by atoms with van der Waals surface area (Å²) >= 11 is 14.1. The van der Waals surface area contributed by atoms with Crippen molar-refractivity contribution in [3.05, 3.63) is 117 Å². The Balaban J connectivity index is 1.24. The number of nitrogens with one attached hydrogen (secondary N) is 7. The van der Waals surface area contributed by atoms with Crippen molar-refractivity contribution in [1.29, 1.82) is 0 Å². The summed E-state index contributed by atoms with van der Waals surface area (Å²) in [5, 5.41) is 131. The summed E-state index contributed by atoms with van der Waals surface area (Å²) in [4.78, 5) is 117. The van der Waals surface area contributed by atoms with Gasteiger partial charge in [-0.05, 0) is 110 Å². The largest absolute Gasteiger partial charge is 0.508 e. The first-order valence-corrected chi connectivity index (χ1v) is 32.4. The molecule has 18 atom stereocenters. The number of aliphatic carboxylic acids is 1. The fraction of sp³-hybridized carbons (Fsp3) is 0.424. The Morgan fingerprint density at radius 3 is 1.90 bits per heavy atom. The summed E-state index contributed by atoms with van der Waals surface area (Å²) in [5.41, 5.74) is 8.00. The van der Waals surface area contributed by atoms with Crippen molar-refractivity contribution in [2.45, 2.75) is 156 Å². The zero-order valence-corrected chi connectivity index (χ0v) is 55.8. The number of amides is 7. The zero-order valence-electron chi connectivity index (χ0n) is 54.3. The molecule has 33 nitrogen and oxygen atoms in total. The van der Waals surface area contributed by atoms with E-state index in [2.05, 4.69) is 37.2 Å². The molecule has 7 aliphatic rings. The first-order chi connectivity index (χ1) is 47.7. The first-order valence-electron chi connectivity index (χ1n) is 31.6. The van der Waals surface area contributed by atoms with Gasteiger partial charge in [0.1, 0.15) is 89.5 Å². The zero-order chi connectivity index (χ0) is 73.5. The minimum Gasteiger partial charge on any atom is -0.508 e. The Morgan fingerprint density at radius 1 is 0.713 bits per heavy atom. The molecule has 5 aromatic rings. The molecule has 0 aliphatic carbocycles. The maximum atomic E-state index is 16.0. The minimum absolute atomic E-state index is 0.0975. The van der Waals surface area contributed by atoms with Crippen molar-refractivity contribution in [2.75, 3.05) is 13.7 Å². The monoisotopic (exact) mass is 1450 g/mol. The second kappa shape index (κ2) is 30.2. The van der Waals surface area contributed by atoms with E-state index in [1.165, 1.54) is 33.0 Å². The lowest BCUT2D eigenvalue weighted by molar-refractivity contribution is -0.333. The van der Waals surface area contributed by atoms with Crippen LogP contribution in [0, 0.1) is 5.92 Å². The van der Waals surface area contributed by atoms with Gasteiger partial charge >= 0.3 is 5.97 Å². The van der Waals surface area contributed by atoms with E-state index >= 15 is 14.4 Å². The molecule has 11 bridgehead atoms. The lowest BCUT2D eigenvalue weighted by Crippen LogP contribution is -2.64. The van der Waals surface area contributed by atoms with Crippen LogP contribution in [0.5, 0.6) is 46.0 Å². The molecule has 2 fully saturated rings. The van der Waals surface area contributed by atoms with Crippen LogP contribution < -0.4 is 62.9 Å². The third-order valence-corrected chi connectivity index (χ3v) is 18.4. The van der Waals surface area contributed by atoms with Crippen LogP contribution in [0.1, 0.15) is 105 Å². The second-order valence-corrected chi connectivity index (χ2v) is 26.5. The molecule has 0 spiro atoms. The Labute approximate surface area is 584 Å². The van der Waals surface area contributed by atoms with Gasteiger partial charge in [0.15, 0.2) is 29.9 Å². The second-order valence-electron chi connectivity index (χ2n) is 25.7. The number of hydrogen-bond donors (Lipinski definition) is 19. The van der Waals surface area contributed by atoms with Gasteiger partial charge in [0.05, 0.1) is 41.3 Å². The highest BCUT2D eigenvalue weighted by atomic mass is 35.5. The molecule has 542 valence electrons. The number of aromatic hydroxyl groups is 3. The highest BCUT2D eigenvalue weighted by molar-refractivity contribution is 6.32. The van der Waals surface area contributed by atoms with E-state index in [4.69, 9.17) is 63.1 Å². The average Bonchev–Trinajstić information content (AvgIpc) is 0.775. The van der Waals surface area contributed by atoms with Crippen LogP contribution in [0.4, 0.5) is 0 Å². The fourth-order valence-electron chi connectivity index (χ4n) is 12.5. The van der Waals surface area contributed by atoms with Crippen LogP contribution in [0.25, 0.3) is 11.1 Å². The predicted octanol–water partition coefficient (Wildman–Crippen LogP) is 0.106. The molecule has 7 aliphatic heterocycles. The normalized spacial score (nSPS) is 29.4. The molecule has 12 rings (SSSR count). The topological polar surface area (TPSA) is 530 Å². The van der Waals surface area contributed by atoms with Crippen LogP contribution in [0.15, 0.2) is 78.9 Å². The quantitative estimate of drug-likeness (QED) is 0.0743. The van der Waals surface area contributed by atoms with Gasteiger partial charge in [0.2, 0.25) is 53.4 Å². The maximum absolute atomic E-state index is 16.0. The number of likely N-dealkylation sites (N-methyl/N-ethyl adjacent to an activating group) is 1. The van der Waals surface area contributed by atoms with Crippen LogP contribution in [0.2, 0.25) is 10.0 Å². The number of primary amides is 1. The number of aliphatic hydroxyl groups excluding tert-OH is 6. The van der Waals surface area contributed by atoms with Gasteiger partial charge in [0.25, 0.3) is 0 Å². The Morgan fingerprint density at radius 2 is 1.32 bits per heavy atom. The number of hydrogen-bond acceptors (Lipinski definition) is 25. The highest BCUT2D eigenvalue weighted by Gasteiger charge is 2.51. The molecule has 7 heterocycles. The minimum atomic E-state index is -2.35. The van der Waals surface area contributed by atoms with E-state index in [0.717, 1.165) is 66.7 Å². The van der Waals surface area contributed by atoms with E-state index in [9.17, 15) is 75.0 Å². The summed E-state index contributed by atoms with van der Waals surface area (Å²) in [7, 11) is 1.47. The Bertz CT molecular complexity index is 4070. The van der Waals surface area contributed by atoms with Gasteiger partial charge in [-0.1, -0.05) is 55.2 Å². The number of carbonyl (C=O) groups is 8. The van der Waals surface area contributed by atoms with Crippen LogP contribution in [0.3, 0.4) is 0 Å². The van der Waals surface area contributed by atoms with Gasteiger partial charge in [-0.15, -0.1) is 0 Å². The number of halogens is 2. The number of fused-ring (bicyclic) bond motifs is 15. The van der Waals surface area contributed by atoms with Crippen molar-refractivity contribution >= 4 is 70.5 Å². The highest BCUT2D eigenvalue weighted by Crippen LogP contribution is 2.50. The number of aliphatic hydroxyl groups is 6. The molecule has 0 saturated carbocycles. The summed E-state index contributed by atoms with van der Waals surface area (Å²) in [6.07, 6.45) is -18.6. The first kappa shape index (κ1) is 74.5. The van der Waals surface area contributed by atoms with E-state index < -0.39 is 237 Å². The number of phenolic OH excluding ortho intramolecular Hbond substituents is 3. The van der Waals surface area contributed by atoms with Gasteiger partial charge < -0.3 is 128 Å². The van der Waals surface area contributed by atoms with Crippen molar-refractivity contribution in [1.82, 2.24) is 37.2 Å². The molecule has 101 heavy (non-hydrogen) atoms. The number of rotatable bonds is 13. The SMILES string of the molecule is CN[C@H](CC(C)C)C(=O)N[C@H]1C(=O)N[C@@H](CC(N)=O)C(=O)NC2C(=O)NC3C(=O)N[C@@H](C(=O)N[C@H](C(=O)O)c4cc(O)cc(O)c4-c4cc3ccc4O)[C@H](O)c3ccc(c(Cl)c3)Oc3cc2cc(c3OC2OC(CO)C(O)C(O)C2OC2CC(C)(N)C(O)C(C)O2)Oc2ccc(cc2Cl)[C@H]1O. The van der Waals surface area contributed by atoms with E-state index in [0.29, 0.717) is 0 Å². The molecular weight excluding hydrogens is 1370 g/mol. The van der Waals surface area contributed by atoms with Crippen molar-refractivity contribution < 1.29 is 118 Å². The third-order valence-electron chi connectivity index (χ3n) is 17.8. The number of ether oxygens (including phenoxy) is 6. The number of carboxylic acids is 1. The molecule has 0 radical (unpaired) electrons. The summed E-state index contributed by atoms with van der Waals surface area (Å²) in [6.45, 7) is 5.66. The van der Waals surface area contributed by atoms with Crippen LogP contribution >= 0.6 is 23.2 Å². The molecular formula is C66H75Cl2N9O24. The molecule has 35 heteroatoms. The van der Waals surface area contributed by atoms with E-state index in [-0.39, 0.29) is 46.2 Å². The Kier molecular flexibility index (Phi) is 22.2. The van der Waals surface area contributed by atoms with Crippen molar-refractivity contribution in [3.8, 4) is 57.1 Å². The van der Waals surface area contributed by atoms with Crippen LogP contribution in [-0.2, 0) is 52.6 Å².